The third kappa shape index (κ3) is 6.87. The Kier molecular flexibility index (Phi) is 9.56. The van der Waals surface area contributed by atoms with Gasteiger partial charge in [-0.25, -0.2) is 14.8 Å². The van der Waals surface area contributed by atoms with Crippen molar-refractivity contribution < 1.29 is 0 Å². The number of para-hydroxylation sites is 1. The summed E-state index contributed by atoms with van der Waals surface area (Å²) in [6.45, 7) is 7.47. The van der Waals surface area contributed by atoms with Crippen LogP contribution in [-0.2, 0) is 0 Å². The molecule has 0 aliphatic carbocycles. The molecule has 0 bridgehead atoms. The van der Waals surface area contributed by atoms with Crippen LogP contribution in [-0.4, -0.2) is 14.5 Å². The van der Waals surface area contributed by atoms with Crippen molar-refractivity contribution >= 4 is 44.6 Å². The molecule has 0 spiro atoms. The van der Waals surface area contributed by atoms with Crippen LogP contribution in [0.4, 0.5) is 22.7 Å². The largest absolute Gasteiger partial charge is 0.311 e. The predicted octanol–water partition coefficient (Wildman–Crippen LogP) is 14.0. The summed E-state index contributed by atoms with van der Waals surface area (Å²) < 4.78 is 2.21. The number of fused-ring (bicyclic) bond motifs is 3. The molecule has 2 heterocycles. The number of hydrogen-bond donors (Lipinski definition) is 0. The van der Waals surface area contributed by atoms with Gasteiger partial charge in [-0.05, 0) is 90.0 Å². The summed E-state index contributed by atoms with van der Waals surface area (Å²) in [7, 11) is 0. The second kappa shape index (κ2) is 15.9. The van der Waals surface area contributed by atoms with Gasteiger partial charge in [0.15, 0.2) is 11.5 Å². The Morgan fingerprint density at radius 2 is 1.06 bits per heavy atom. The molecule has 0 radical (unpaired) electrons. The lowest BCUT2D eigenvalue weighted by molar-refractivity contribution is 1.18. The molecular formula is C55H33N7. The SMILES string of the molecule is [C-]#[N+]c1ccc(N(c2ccc(C#N)cc2)c2ccc3c(c2)c2ccccc2n3-c2ccc(-c3ccc(-c4cc(-c5ccccc5)nc(-c5ccccc5)n4)cc3)c(C#N)c2)cc1. The van der Waals surface area contributed by atoms with E-state index < -0.39 is 0 Å². The van der Waals surface area contributed by atoms with Crippen molar-refractivity contribution in [1.29, 1.82) is 10.5 Å². The zero-order valence-corrected chi connectivity index (χ0v) is 33.2. The normalized spacial score (nSPS) is 10.9. The number of rotatable bonds is 8. The summed E-state index contributed by atoms with van der Waals surface area (Å²) in [6.07, 6.45) is 0. The van der Waals surface area contributed by atoms with Crippen LogP contribution in [0.5, 0.6) is 0 Å². The molecule has 288 valence electrons. The van der Waals surface area contributed by atoms with Gasteiger partial charge in [0.25, 0.3) is 0 Å². The fourth-order valence-corrected chi connectivity index (χ4v) is 8.09. The van der Waals surface area contributed by atoms with Gasteiger partial charge in [0, 0.05) is 50.2 Å². The van der Waals surface area contributed by atoms with Crippen LogP contribution in [0.2, 0.25) is 0 Å². The molecule has 0 unspecified atom stereocenters. The fraction of sp³-hybridized carbons (Fsp3) is 0. The first-order chi connectivity index (χ1) is 30.6. The average molecular weight is 792 g/mol. The molecule has 0 fully saturated rings. The lowest BCUT2D eigenvalue weighted by Gasteiger charge is -2.26. The first kappa shape index (κ1) is 37.2. The summed E-state index contributed by atoms with van der Waals surface area (Å²) in [5.41, 5.74) is 13.6. The molecule has 0 N–H and O–H groups in total. The average Bonchev–Trinajstić information content (AvgIpc) is 3.68. The predicted molar refractivity (Wildman–Crippen MR) is 248 cm³/mol. The van der Waals surface area contributed by atoms with E-state index in [1.165, 1.54) is 0 Å². The first-order valence-corrected chi connectivity index (χ1v) is 20.0. The Morgan fingerprint density at radius 1 is 0.484 bits per heavy atom. The molecule has 0 atom stereocenters. The van der Waals surface area contributed by atoms with E-state index in [0.29, 0.717) is 22.6 Å². The molecule has 10 aromatic rings. The molecule has 2 aromatic heterocycles. The van der Waals surface area contributed by atoms with E-state index in [4.69, 9.17) is 16.5 Å². The Hall–Kier alpha value is -9.09. The number of nitriles is 2. The molecule has 0 saturated heterocycles. The van der Waals surface area contributed by atoms with Gasteiger partial charge < -0.3 is 9.47 Å². The van der Waals surface area contributed by atoms with Crippen LogP contribution in [0.15, 0.2) is 200 Å². The van der Waals surface area contributed by atoms with Crippen LogP contribution < -0.4 is 4.90 Å². The Labute approximate surface area is 358 Å². The summed E-state index contributed by atoms with van der Waals surface area (Å²) >= 11 is 0. The second-order valence-electron chi connectivity index (χ2n) is 14.8. The van der Waals surface area contributed by atoms with Crippen LogP contribution in [0, 0.1) is 29.2 Å². The topological polar surface area (TPSA) is 85.9 Å². The highest BCUT2D eigenvalue weighted by molar-refractivity contribution is 6.10. The van der Waals surface area contributed by atoms with Gasteiger partial charge in [0.2, 0.25) is 0 Å². The molecule has 0 aliphatic heterocycles. The van der Waals surface area contributed by atoms with Crippen molar-refractivity contribution in [1.82, 2.24) is 14.5 Å². The number of nitrogens with zero attached hydrogens (tertiary/aromatic N) is 7. The number of aromatic nitrogens is 3. The third-order valence-corrected chi connectivity index (χ3v) is 11.1. The lowest BCUT2D eigenvalue weighted by Crippen LogP contribution is -2.09. The van der Waals surface area contributed by atoms with E-state index in [0.717, 1.165) is 83.8 Å². The highest BCUT2D eigenvalue weighted by atomic mass is 15.1. The zero-order valence-electron chi connectivity index (χ0n) is 33.2. The minimum absolute atomic E-state index is 0.560. The molecule has 0 amide bonds. The lowest BCUT2D eigenvalue weighted by atomic mass is 9.97. The summed E-state index contributed by atoms with van der Waals surface area (Å²) in [6, 6.07) is 70.9. The zero-order chi connectivity index (χ0) is 42.0. The van der Waals surface area contributed by atoms with Crippen LogP contribution in [0.1, 0.15) is 11.1 Å². The van der Waals surface area contributed by atoms with Gasteiger partial charge >= 0.3 is 0 Å². The van der Waals surface area contributed by atoms with Gasteiger partial charge in [-0.1, -0.05) is 121 Å². The maximum absolute atomic E-state index is 10.6. The van der Waals surface area contributed by atoms with Crippen LogP contribution in [0.3, 0.4) is 0 Å². The van der Waals surface area contributed by atoms with E-state index >= 15 is 0 Å². The Bertz CT molecular complexity index is 3290. The molecule has 0 saturated carbocycles. The molecule has 0 aliphatic rings. The maximum atomic E-state index is 10.6. The minimum Gasteiger partial charge on any atom is -0.311 e. The van der Waals surface area contributed by atoms with Gasteiger partial charge in [-0.15, -0.1) is 0 Å². The number of anilines is 3. The molecule has 7 heteroatoms. The quantitative estimate of drug-likeness (QED) is 0.143. The van der Waals surface area contributed by atoms with E-state index in [-0.39, 0.29) is 0 Å². The Morgan fingerprint density at radius 3 is 1.73 bits per heavy atom. The van der Waals surface area contributed by atoms with Gasteiger partial charge in [-0.2, -0.15) is 10.5 Å². The Balaban J connectivity index is 1.03. The van der Waals surface area contributed by atoms with Crippen molar-refractivity contribution in [3.63, 3.8) is 0 Å². The van der Waals surface area contributed by atoms with Crippen LogP contribution >= 0.6 is 0 Å². The van der Waals surface area contributed by atoms with Crippen molar-refractivity contribution in [2.24, 2.45) is 0 Å². The third-order valence-electron chi connectivity index (χ3n) is 11.1. The van der Waals surface area contributed by atoms with Crippen LogP contribution in [0.25, 0.3) is 77.4 Å². The first-order valence-electron chi connectivity index (χ1n) is 20.0. The molecular weight excluding hydrogens is 759 g/mol. The number of hydrogen-bond acceptors (Lipinski definition) is 5. The molecule has 10 rings (SSSR count). The molecule has 7 nitrogen and oxygen atoms in total. The maximum Gasteiger partial charge on any atom is 0.187 e. The highest BCUT2D eigenvalue weighted by Crippen LogP contribution is 2.41. The summed E-state index contributed by atoms with van der Waals surface area (Å²) in [5, 5.41) is 22.2. The van der Waals surface area contributed by atoms with Gasteiger partial charge in [0.1, 0.15) is 0 Å². The molecule has 62 heavy (non-hydrogen) atoms. The van der Waals surface area contributed by atoms with Crippen molar-refractivity contribution in [2.75, 3.05) is 4.90 Å². The molecule has 8 aromatic carbocycles. The van der Waals surface area contributed by atoms with E-state index in [1.807, 2.05) is 127 Å². The van der Waals surface area contributed by atoms with Crippen molar-refractivity contribution in [2.45, 2.75) is 0 Å². The summed E-state index contributed by atoms with van der Waals surface area (Å²) in [5.74, 6) is 0.658. The van der Waals surface area contributed by atoms with E-state index in [9.17, 15) is 10.5 Å². The summed E-state index contributed by atoms with van der Waals surface area (Å²) in [4.78, 5) is 15.6. The number of benzene rings is 8. The highest BCUT2D eigenvalue weighted by Gasteiger charge is 2.19. The second-order valence-corrected chi connectivity index (χ2v) is 14.8. The van der Waals surface area contributed by atoms with E-state index in [1.54, 1.807) is 0 Å². The van der Waals surface area contributed by atoms with Gasteiger partial charge in [-0.3, -0.25) is 0 Å². The minimum atomic E-state index is 0.560. The fourth-order valence-electron chi connectivity index (χ4n) is 8.09. The van der Waals surface area contributed by atoms with Gasteiger partial charge in [0.05, 0.1) is 52.3 Å². The standard InChI is InChI=1S/C55H33N7/c1-58-43-22-26-45(27-23-43)61(44-24-16-37(35-56)17-25-44)47-29-31-54-50(33-47)49-14-8-9-15-53(49)62(54)46-28-30-48(42(32-46)36-57)38-18-20-40(21-19-38)52-34-51(39-10-4-2-5-11-39)59-55(60-52)41-12-6-3-7-13-41/h2-34H. The monoisotopic (exact) mass is 791 g/mol. The van der Waals surface area contributed by atoms with E-state index in [2.05, 4.69) is 99.2 Å². The van der Waals surface area contributed by atoms with Crippen molar-refractivity contribution in [3.05, 3.63) is 223 Å². The van der Waals surface area contributed by atoms with Crippen molar-refractivity contribution in [3.8, 4) is 62.9 Å². The smallest absolute Gasteiger partial charge is 0.187 e.